The minimum absolute atomic E-state index is 0.225. The average Bonchev–Trinajstić information content (AvgIpc) is 3.12. The second kappa shape index (κ2) is 9.96. The van der Waals surface area contributed by atoms with Crippen LogP contribution in [0, 0.1) is 11.3 Å². The first-order valence-corrected chi connectivity index (χ1v) is 8.83. The molecule has 1 aliphatic rings. The quantitative estimate of drug-likeness (QED) is 0.440. The van der Waals surface area contributed by atoms with E-state index in [0.29, 0.717) is 5.56 Å². The molecule has 0 radical (unpaired) electrons. The van der Waals surface area contributed by atoms with Crippen molar-refractivity contribution in [2.24, 2.45) is 0 Å². The molecule has 0 unspecified atom stereocenters. The fraction of sp³-hybridized carbons (Fsp3) is 0.471. The molecule has 0 aliphatic carbocycles. The molecule has 1 fully saturated rings. The highest BCUT2D eigenvalue weighted by atomic mass is 32.2. The molecular weight excluding hydrogens is 328 g/mol. The Morgan fingerprint density at radius 3 is 3.00 bits per heavy atom. The van der Waals surface area contributed by atoms with E-state index in [2.05, 4.69) is 5.32 Å². The van der Waals surface area contributed by atoms with E-state index < -0.39 is 11.9 Å². The Bertz CT molecular complexity index is 609. The lowest BCUT2D eigenvalue weighted by molar-refractivity contribution is -0.124. The maximum Gasteiger partial charge on any atom is 0.339 e. The number of thioether (sulfide) groups is 1. The van der Waals surface area contributed by atoms with Crippen LogP contribution in [-0.2, 0) is 14.3 Å². The van der Waals surface area contributed by atoms with E-state index in [4.69, 9.17) is 14.7 Å². The van der Waals surface area contributed by atoms with E-state index in [1.54, 1.807) is 23.9 Å². The Morgan fingerprint density at radius 2 is 2.25 bits per heavy atom. The molecule has 0 saturated carbocycles. The number of hydrogen-bond acceptors (Lipinski definition) is 6. The summed E-state index contributed by atoms with van der Waals surface area (Å²) in [6, 6.07) is 9.10. The highest BCUT2D eigenvalue weighted by molar-refractivity contribution is 7.99. The molecular formula is C17H20N2O4S. The highest BCUT2D eigenvalue weighted by Crippen LogP contribution is 2.27. The molecule has 1 aliphatic heterocycles. The first kappa shape index (κ1) is 18.3. The van der Waals surface area contributed by atoms with Gasteiger partial charge in [-0.2, -0.15) is 5.26 Å². The number of benzene rings is 1. The Morgan fingerprint density at radius 1 is 1.42 bits per heavy atom. The fourth-order valence-electron chi connectivity index (χ4n) is 2.24. The molecule has 1 saturated heterocycles. The van der Waals surface area contributed by atoms with Crippen LogP contribution in [0.25, 0.3) is 0 Å². The van der Waals surface area contributed by atoms with Crippen molar-refractivity contribution in [3.63, 3.8) is 0 Å². The zero-order valence-corrected chi connectivity index (χ0v) is 14.1. The van der Waals surface area contributed by atoms with Crippen LogP contribution in [0.1, 0.15) is 29.6 Å². The molecule has 1 amide bonds. The van der Waals surface area contributed by atoms with E-state index >= 15 is 0 Å². The minimum Gasteiger partial charge on any atom is -0.452 e. The number of carbonyl (C=O) groups excluding carboxylic acids is 2. The van der Waals surface area contributed by atoms with Crippen LogP contribution in [0.3, 0.4) is 0 Å². The summed E-state index contributed by atoms with van der Waals surface area (Å²) in [6.45, 7) is 0.700. The van der Waals surface area contributed by atoms with Gasteiger partial charge in [0.25, 0.3) is 5.91 Å². The zero-order valence-electron chi connectivity index (χ0n) is 13.3. The predicted octanol–water partition coefficient (Wildman–Crippen LogP) is 2.14. The molecule has 0 bridgehead atoms. The number of amides is 1. The van der Waals surface area contributed by atoms with Crippen molar-refractivity contribution in [3.8, 4) is 6.07 Å². The highest BCUT2D eigenvalue weighted by Gasteiger charge is 2.18. The second-order valence-electron chi connectivity index (χ2n) is 5.28. The van der Waals surface area contributed by atoms with E-state index in [-0.39, 0.29) is 25.7 Å². The van der Waals surface area contributed by atoms with Crippen LogP contribution in [-0.4, -0.2) is 43.5 Å². The summed E-state index contributed by atoms with van der Waals surface area (Å²) in [5.41, 5.74) is 0.449. The average molecular weight is 348 g/mol. The number of nitrogens with zero attached hydrogens (tertiary/aromatic N) is 1. The molecule has 1 aromatic carbocycles. The number of hydrogen-bond donors (Lipinski definition) is 1. The summed E-state index contributed by atoms with van der Waals surface area (Å²) < 4.78 is 10.6. The summed E-state index contributed by atoms with van der Waals surface area (Å²) in [6.07, 6.45) is 2.57. The SMILES string of the molecule is N#CCCNC(=O)COC(=O)c1ccccc1SC[C@H]1CCCO1. The lowest BCUT2D eigenvalue weighted by Crippen LogP contribution is -2.29. The fourth-order valence-corrected chi connectivity index (χ4v) is 3.35. The number of esters is 1. The van der Waals surface area contributed by atoms with Gasteiger partial charge in [-0.15, -0.1) is 11.8 Å². The van der Waals surface area contributed by atoms with Gasteiger partial charge in [-0.1, -0.05) is 12.1 Å². The third-order valence-electron chi connectivity index (χ3n) is 3.45. The number of nitrogens with one attached hydrogen (secondary N) is 1. The molecule has 1 heterocycles. The van der Waals surface area contributed by atoms with Crippen molar-refractivity contribution in [2.45, 2.75) is 30.3 Å². The van der Waals surface area contributed by atoms with Gasteiger partial charge in [0, 0.05) is 23.8 Å². The van der Waals surface area contributed by atoms with Gasteiger partial charge in [-0.3, -0.25) is 4.79 Å². The Balaban J connectivity index is 1.84. The summed E-state index contributed by atoms with van der Waals surface area (Å²) in [5.74, 6) is -0.150. The molecule has 2 rings (SSSR count). The van der Waals surface area contributed by atoms with E-state index in [1.165, 1.54) is 0 Å². The smallest absolute Gasteiger partial charge is 0.339 e. The second-order valence-corrected chi connectivity index (χ2v) is 6.34. The predicted molar refractivity (Wildman–Crippen MR) is 89.7 cm³/mol. The molecule has 0 spiro atoms. The van der Waals surface area contributed by atoms with Gasteiger partial charge in [0.05, 0.1) is 24.2 Å². The van der Waals surface area contributed by atoms with Crippen LogP contribution in [0.15, 0.2) is 29.2 Å². The monoisotopic (exact) mass is 348 g/mol. The zero-order chi connectivity index (χ0) is 17.2. The summed E-state index contributed by atoms with van der Waals surface area (Å²) >= 11 is 1.56. The van der Waals surface area contributed by atoms with Gasteiger partial charge in [-0.05, 0) is 25.0 Å². The van der Waals surface area contributed by atoms with Crippen molar-refractivity contribution in [2.75, 3.05) is 25.5 Å². The van der Waals surface area contributed by atoms with E-state index in [9.17, 15) is 9.59 Å². The number of ether oxygens (including phenoxy) is 2. The van der Waals surface area contributed by atoms with Gasteiger partial charge in [0.1, 0.15) is 0 Å². The number of carbonyl (C=O) groups is 2. The standard InChI is InChI=1S/C17H20N2O4S/c18-8-4-9-19-16(20)11-23-17(21)14-6-1-2-7-15(14)24-12-13-5-3-10-22-13/h1-2,6-7,13H,3-5,9-12H2,(H,19,20)/t13-/m1/s1. The third kappa shape index (κ3) is 5.87. The Kier molecular flexibility index (Phi) is 7.59. The summed E-state index contributed by atoms with van der Waals surface area (Å²) in [5, 5.41) is 10.9. The summed E-state index contributed by atoms with van der Waals surface area (Å²) in [4.78, 5) is 24.5. The van der Waals surface area contributed by atoms with Crippen molar-refractivity contribution < 1.29 is 19.1 Å². The lowest BCUT2D eigenvalue weighted by atomic mass is 10.2. The summed E-state index contributed by atoms with van der Waals surface area (Å²) in [7, 11) is 0. The topological polar surface area (TPSA) is 88.4 Å². The Hall–Kier alpha value is -2.04. The lowest BCUT2D eigenvalue weighted by Gasteiger charge is -2.12. The molecule has 1 N–H and O–H groups in total. The first-order chi connectivity index (χ1) is 11.7. The molecule has 0 aromatic heterocycles. The Labute approximate surface area is 145 Å². The number of nitriles is 1. The van der Waals surface area contributed by atoms with Crippen LogP contribution >= 0.6 is 11.8 Å². The van der Waals surface area contributed by atoms with Crippen molar-refractivity contribution in [3.05, 3.63) is 29.8 Å². The van der Waals surface area contributed by atoms with Gasteiger partial charge in [0.2, 0.25) is 0 Å². The molecule has 1 atom stereocenters. The first-order valence-electron chi connectivity index (χ1n) is 7.85. The largest absolute Gasteiger partial charge is 0.452 e. The van der Waals surface area contributed by atoms with E-state index in [0.717, 1.165) is 30.1 Å². The maximum atomic E-state index is 12.2. The van der Waals surface area contributed by atoms with E-state index in [1.807, 2.05) is 18.2 Å². The molecule has 7 heteroatoms. The third-order valence-corrected chi connectivity index (χ3v) is 4.65. The van der Waals surface area contributed by atoms with Gasteiger partial charge in [0.15, 0.2) is 6.61 Å². The molecule has 1 aromatic rings. The van der Waals surface area contributed by atoms with Crippen LogP contribution in [0.4, 0.5) is 0 Å². The number of rotatable bonds is 8. The molecule has 24 heavy (non-hydrogen) atoms. The van der Waals surface area contributed by atoms with Gasteiger partial charge < -0.3 is 14.8 Å². The van der Waals surface area contributed by atoms with Crippen molar-refractivity contribution in [1.29, 1.82) is 5.26 Å². The normalized spacial score (nSPS) is 16.4. The minimum atomic E-state index is -0.527. The van der Waals surface area contributed by atoms with Crippen LogP contribution in [0.5, 0.6) is 0 Å². The van der Waals surface area contributed by atoms with Crippen LogP contribution in [0.2, 0.25) is 0 Å². The molecule has 6 nitrogen and oxygen atoms in total. The van der Waals surface area contributed by atoms with Crippen molar-refractivity contribution in [1.82, 2.24) is 5.32 Å². The van der Waals surface area contributed by atoms with Crippen molar-refractivity contribution >= 4 is 23.6 Å². The van der Waals surface area contributed by atoms with Gasteiger partial charge >= 0.3 is 5.97 Å². The van der Waals surface area contributed by atoms with Gasteiger partial charge in [-0.25, -0.2) is 4.79 Å². The molecule has 128 valence electrons. The maximum absolute atomic E-state index is 12.2. The van der Waals surface area contributed by atoms with Crippen LogP contribution < -0.4 is 5.32 Å².